The summed E-state index contributed by atoms with van der Waals surface area (Å²) >= 11 is 0. The number of likely N-dealkylation sites (N-methyl/N-ethyl adjacent to an activating group) is 1. The van der Waals surface area contributed by atoms with Gasteiger partial charge in [0.05, 0.1) is 5.69 Å². The maximum atomic E-state index is 13.2. The molecule has 1 aliphatic heterocycles. The van der Waals surface area contributed by atoms with Crippen LogP contribution in [0, 0.1) is 0 Å². The first-order chi connectivity index (χ1) is 26.0. The van der Waals surface area contributed by atoms with Crippen molar-refractivity contribution in [1.82, 2.24) is 28.9 Å². The molecular formula is C39H41N9O6. The lowest BCUT2D eigenvalue weighted by molar-refractivity contribution is -0.145. The molecule has 0 unspecified atom stereocenters. The van der Waals surface area contributed by atoms with Crippen LogP contribution in [0.4, 0.5) is 17.2 Å². The van der Waals surface area contributed by atoms with Crippen LogP contribution in [-0.2, 0) is 23.6 Å². The van der Waals surface area contributed by atoms with E-state index in [0.29, 0.717) is 35.7 Å². The zero-order chi connectivity index (χ0) is 38.4. The van der Waals surface area contributed by atoms with Gasteiger partial charge in [-0.3, -0.25) is 24.2 Å². The normalized spacial score (nSPS) is 13.2. The van der Waals surface area contributed by atoms with Gasteiger partial charge in [-0.15, -0.1) is 0 Å². The van der Waals surface area contributed by atoms with E-state index in [-0.39, 0.29) is 29.3 Å². The van der Waals surface area contributed by atoms with Crippen LogP contribution in [0.25, 0.3) is 10.8 Å². The summed E-state index contributed by atoms with van der Waals surface area (Å²) in [5, 5.41) is 10.2. The Morgan fingerprint density at radius 1 is 0.870 bits per heavy atom. The van der Waals surface area contributed by atoms with Crippen LogP contribution in [0.1, 0.15) is 54.8 Å². The fraction of sp³-hybridized carbons (Fsp3) is 0.256. The van der Waals surface area contributed by atoms with Crippen LogP contribution in [0.5, 0.6) is 0 Å². The maximum Gasteiger partial charge on any atom is 0.330 e. The number of ether oxygens (including phenoxy) is 1. The molecule has 0 radical (unpaired) electrons. The average Bonchev–Trinajstić information content (AvgIpc) is 3.74. The van der Waals surface area contributed by atoms with Gasteiger partial charge < -0.3 is 39.6 Å². The number of carbonyl (C=O) groups excluding carboxylic acids is 5. The number of rotatable bonds is 12. The number of hydrogen-bond acceptors (Lipinski definition) is 9. The molecule has 0 aliphatic carbocycles. The molecule has 0 bridgehead atoms. The van der Waals surface area contributed by atoms with E-state index in [1.165, 1.54) is 6.08 Å². The first kappa shape index (κ1) is 37.2. The smallest absolute Gasteiger partial charge is 0.330 e. The van der Waals surface area contributed by atoms with Gasteiger partial charge in [0.15, 0.2) is 5.82 Å². The standard InChI is InChI=1S/C39H41N9O6/c1-5-34(49)54-30-14-16-48(17-15-30)19-18-45(2)39(53)35-43-33(24-47(35)4)44-36(50)25-10-12-28(13-11-25)41-38(52)32-21-29(23-46(32)3)42-37(51)31-20-26-8-6-7-9-27(26)22-40-31/h5-13,20-24,30H,1,14-19H2,2-4H3,(H,41,52)(H,42,51)(H,44,50). The molecule has 3 N–H and O–H groups in total. The second-order valence-corrected chi connectivity index (χ2v) is 13.1. The lowest BCUT2D eigenvalue weighted by Crippen LogP contribution is -2.42. The molecule has 0 atom stereocenters. The first-order valence-corrected chi connectivity index (χ1v) is 17.4. The highest BCUT2D eigenvalue weighted by Gasteiger charge is 2.24. The molecule has 278 valence electrons. The third-order valence-corrected chi connectivity index (χ3v) is 9.16. The van der Waals surface area contributed by atoms with Crippen LogP contribution >= 0.6 is 0 Å². The van der Waals surface area contributed by atoms with Crippen molar-refractivity contribution in [3.8, 4) is 0 Å². The Bertz CT molecular complexity index is 2220. The molecule has 3 aromatic heterocycles. The van der Waals surface area contributed by atoms with Crippen molar-refractivity contribution in [2.45, 2.75) is 18.9 Å². The average molecular weight is 732 g/mol. The summed E-state index contributed by atoms with van der Waals surface area (Å²) in [6, 6.07) is 17.2. The predicted molar refractivity (Wildman–Crippen MR) is 203 cm³/mol. The number of esters is 1. The quantitative estimate of drug-likeness (QED) is 0.125. The number of fused-ring (bicyclic) bond motifs is 1. The lowest BCUT2D eigenvalue weighted by atomic mass is 10.1. The van der Waals surface area contributed by atoms with E-state index in [0.717, 1.165) is 36.7 Å². The van der Waals surface area contributed by atoms with E-state index in [1.54, 1.807) is 90.2 Å². The molecule has 6 rings (SSSR count). The summed E-state index contributed by atoms with van der Waals surface area (Å²) in [5.74, 6) is -1.56. The van der Waals surface area contributed by atoms with E-state index in [4.69, 9.17) is 4.74 Å². The minimum Gasteiger partial charge on any atom is -0.459 e. The third kappa shape index (κ3) is 8.87. The number of benzene rings is 2. The monoisotopic (exact) mass is 731 g/mol. The first-order valence-electron chi connectivity index (χ1n) is 17.4. The van der Waals surface area contributed by atoms with Gasteiger partial charge in [0.1, 0.15) is 17.5 Å². The molecule has 54 heavy (non-hydrogen) atoms. The Morgan fingerprint density at radius 2 is 1.57 bits per heavy atom. The van der Waals surface area contributed by atoms with Gasteiger partial charge in [0, 0.05) is 88.6 Å². The van der Waals surface area contributed by atoms with E-state index < -0.39 is 23.7 Å². The summed E-state index contributed by atoms with van der Waals surface area (Å²) in [4.78, 5) is 76.1. The molecule has 1 fully saturated rings. The van der Waals surface area contributed by atoms with Crippen LogP contribution in [-0.4, -0.2) is 97.8 Å². The van der Waals surface area contributed by atoms with Gasteiger partial charge in [-0.1, -0.05) is 30.8 Å². The van der Waals surface area contributed by atoms with Crippen LogP contribution in [0.2, 0.25) is 0 Å². The third-order valence-electron chi connectivity index (χ3n) is 9.16. The Kier molecular flexibility index (Phi) is 11.3. The van der Waals surface area contributed by atoms with Crippen molar-refractivity contribution in [3.05, 3.63) is 115 Å². The fourth-order valence-electron chi connectivity index (χ4n) is 6.10. The zero-order valence-electron chi connectivity index (χ0n) is 30.2. The lowest BCUT2D eigenvalue weighted by Gasteiger charge is -2.32. The number of amides is 4. The van der Waals surface area contributed by atoms with E-state index >= 15 is 0 Å². The number of piperidine rings is 1. The summed E-state index contributed by atoms with van der Waals surface area (Å²) in [5.41, 5.74) is 1.76. The topological polar surface area (TPSA) is 173 Å². The Labute approximate surface area is 311 Å². The Morgan fingerprint density at radius 3 is 2.30 bits per heavy atom. The summed E-state index contributed by atoms with van der Waals surface area (Å²) in [6.07, 6.45) is 7.33. The van der Waals surface area contributed by atoms with Gasteiger partial charge >= 0.3 is 5.97 Å². The number of aromatic nitrogens is 4. The molecule has 2 aromatic carbocycles. The number of pyridine rings is 1. The molecule has 1 aliphatic rings. The van der Waals surface area contributed by atoms with Gasteiger partial charge in [0.2, 0.25) is 5.82 Å². The van der Waals surface area contributed by atoms with Crippen molar-refractivity contribution in [3.63, 3.8) is 0 Å². The largest absolute Gasteiger partial charge is 0.459 e. The number of nitrogens with one attached hydrogen (secondary N) is 3. The molecule has 0 saturated carbocycles. The number of imidazole rings is 1. The number of hydrogen-bond donors (Lipinski definition) is 3. The van der Waals surface area contributed by atoms with Gasteiger partial charge in [-0.05, 0) is 54.6 Å². The van der Waals surface area contributed by atoms with Crippen molar-refractivity contribution < 1.29 is 28.7 Å². The van der Waals surface area contributed by atoms with Crippen LogP contribution < -0.4 is 16.0 Å². The zero-order valence-corrected chi connectivity index (χ0v) is 30.2. The highest BCUT2D eigenvalue weighted by molar-refractivity contribution is 6.08. The maximum absolute atomic E-state index is 13.2. The molecular weight excluding hydrogens is 690 g/mol. The minimum absolute atomic E-state index is 0.121. The second kappa shape index (κ2) is 16.4. The Hall–Kier alpha value is -6.61. The van der Waals surface area contributed by atoms with Crippen LogP contribution in [0.15, 0.2) is 91.9 Å². The SMILES string of the molecule is C=CC(=O)OC1CCN(CCN(C)C(=O)c2nc(NC(=O)c3ccc(NC(=O)c4cc(NC(=O)c5cc6ccccc6cn5)cn4C)cc3)cn2C)CC1. The molecule has 0 spiro atoms. The molecule has 4 amide bonds. The molecule has 4 heterocycles. The van der Waals surface area contributed by atoms with E-state index in [2.05, 4.69) is 37.4 Å². The van der Waals surface area contributed by atoms with E-state index in [9.17, 15) is 24.0 Å². The highest BCUT2D eigenvalue weighted by atomic mass is 16.5. The van der Waals surface area contributed by atoms with Crippen molar-refractivity contribution >= 4 is 57.6 Å². The number of carbonyl (C=O) groups is 5. The van der Waals surface area contributed by atoms with E-state index in [1.807, 2.05) is 24.3 Å². The number of anilines is 3. The molecule has 5 aromatic rings. The molecule has 15 nitrogen and oxygen atoms in total. The second-order valence-electron chi connectivity index (χ2n) is 13.1. The predicted octanol–water partition coefficient (Wildman–Crippen LogP) is 4.33. The Balaban J connectivity index is 0.984. The summed E-state index contributed by atoms with van der Waals surface area (Å²) in [6.45, 7) is 6.07. The van der Waals surface area contributed by atoms with Gasteiger partial charge in [-0.2, -0.15) is 0 Å². The van der Waals surface area contributed by atoms with Crippen molar-refractivity contribution in [2.24, 2.45) is 14.1 Å². The minimum atomic E-state index is -0.441. The fourth-order valence-corrected chi connectivity index (χ4v) is 6.10. The molecule has 15 heteroatoms. The van der Waals surface area contributed by atoms with Crippen LogP contribution in [0.3, 0.4) is 0 Å². The van der Waals surface area contributed by atoms with Crippen molar-refractivity contribution in [2.75, 3.05) is 49.2 Å². The number of aryl methyl sites for hydroxylation is 2. The summed E-state index contributed by atoms with van der Waals surface area (Å²) < 4.78 is 8.49. The number of nitrogens with zero attached hydrogens (tertiary/aromatic N) is 6. The molecule has 1 saturated heterocycles. The summed E-state index contributed by atoms with van der Waals surface area (Å²) in [7, 11) is 5.08. The van der Waals surface area contributed by atoms with Crippen molar-refractivity contribution in [1.29, 1.82) is 0 Å². The van der Waals surface area contributed by atoms with Gasteiger partial charge in [0.25, 0.3) is 23.6 Å². The number of likely N-dealkylation sites (tertiary alicyclic amines) is 1. The van der Waals surface area contributed by atoms with Gasteiger partial charge in [-0.25, -0.2) is 9.78 Å². The highest BCUT2D eigenvalue weighted by Crippen LogP contribution is 2.20.